The molecule has 0 fully saturated rings. The van der Waals surface area contributed by atoms with E-state index in [1.54, 1.807) is 0 Å². The lowest BCUT2D eigenvalue weighted by Gasteiger charge is -2.09. The number of hydrogen-bond donors (Lipinski definition) is 2. The van der Waals surface area contributed by atoms with Crippen LogP contribution in [-0.4, -0.2) is 13.4 Å². The second kappa shape index (κ2) is 5.15. The van der Waals surface area contributed by atoms with Crippen LogP contribution in [0, 0.1) is 5.82 Å². The number of H-pyrrole nitrogens is 1. The molecule has 2 N–H and O–H groups in total. The molecule has 3 aromatic rings. The number of anilines is 1. The number of nitrogens with one attached hydrogen (secondary N) is 2. The number of sulfonamides is 1. The van der Waals surface area contributed by atoms with Crippen molar-refractivity contribution in [3.05, 3.63) is 57.8 Å². The Morgan fingerprint density at radius 1 is 1.18 bits per heavy atom. The molecule has 0 amide bonds. The molecule has 0 atom stereocenters. The van der Waals surface area contributed by atoms with Crippen LogP contribution in [0.4, 0.5) is 10.1 Å². The van der Waals surface area contributed by atoms with Crippen molar-refractivity contribution in [2.45, 2.75) is 4.90 Å². The first-order valence-corrected chi connectivity index (χ1v) is 7.82. The molecule has 2 aromatic carbocycles. The van der Waals surface area contributed by atoms with Crippen molar-refractivity contribution in [2.75, 3.05) is 4.72 Å². The van der Waals surface area contributed by atoms with Gasteiger partial charge in [-0.05, 0) is 30.3 Å². The van der Waals surface area contributed by atoms with E-state index in [1.165, 1.54) is 24.3 Å². The first kappa shape index (κ1) is 14.6. The van der Waals surface area contributed by atoms with Gasteiger partial charge in [-0.3, -0.25) is 9.71 Å². The monoisotopic (exact) mass is 342 g/mol. The quantitative estimate of drug-likeness (QED) is 0.765. The van der Waals surface area contributed by atoms with E-state index in [4.69, 9.17) is 16.0 Å². The molecule has 1 heterocycles. The van der Waals surface area contributed by atoms with E-state index in [0.717, 1.165) is 12.1 Å². The Morgan fingerprint density at radius 3 is 2.68 bits per heavy atom. The molecule has 6 nitrogen and oxygen atoms in total. The third-order valence-corrected chi connectivity index (χ3v) is 4.55. The van der Waals surface area contributed by atoms with Gasteiger partial charge in [0.05, 0.1) is 21.1 Å². The van der Waals surface area contributed by atoms with E-state index >= 15 is 0 Å². The van der Waals surface area contributed by atoms with Crippen LogP contribution >= 0.6 is 11.6 Å². The molecule has 9 heteroatoms. The van der Waals surface area contributed by atoms with Gasteiger partial charge in [0.25, 0.3) is 10.0 Å². The normalized spacial score (nSPS) is 11.7. The summed E-state index contributed by atoms with van der Waals surface area (Å²) >= 11 is 5.79. The van der Waals surface area contributed by atoms with Crippen LogP contribution in [0.15, 0.2) is 50.5 Å². The fourth-order valence-corrected chi connectivity index (χ4v) is 3.23. The summed E-state index contributed by atoms with van der Waals surface area (Å²) in [5, 5.41) is -0.0715. The van der Waals surface area contributed by atoms with Gasteiger partial charge in [0.15, 0.2) is 5.58 Å². The van der Waals surface area contributed by atoms with Gasteiger partial charge < -0.3 is 4.42 Å². The Bertz CT molecular complexity index is 1030. The van der Waals surface area contributed by atoms with Crippen molar-refractivity contribution < 1.29 is 17.2 Å². The summed E-state index contributed by atoms with van der Waals surface area (Å²) in [5.41, 5.74) is 0.528. The minimum absolute atomic E-state index is 0.0404. The van der Waals surface area contributed by atoms with Gasteiger partial charge in [0.1, 0.15) is 5.82 Å². The lowest BCUT2D eigenvalue weighted by molar-refractivity contribution is 0.554. The Kier molecular flexibility index (Phi) is 3.42. The highest BCUT2D eigenvalue weighted by atomic mass is 35.5. The Balaban J connectivity index is 2.01. The van der Waals surface area contributed by atoms with Crippen molar-refractivity contribution in [1.82, 2.24) is 4.98 Å². The number of halogens is 2. The topological polar surface area (TPSA) is 92.2 Å². The minimum atomic E-state index is -3.96. The van der Waals surface area contributed by atoms with E-state index in [-0.39, 0.29) is 21.2 Å². The summed E-state index contributed by atoms with van der Waals surface area (Å²) in [6, 6.07) is 7.19. The van der Waals surface area contributed by atoms with Crippen LogP contribution in [0.1, 0.15) is 0 Å². The third kappa shape index (κ3) is 2.70. The average Bonchev–Trinajstić information content (AvgIpc) is 2.81. The highest BCUT2D eigenvalue weighted by Crippen LogP contribution is 2.26. The van der Waals surface area contributed by atoms with Gasteiger partial charge in [-0.2, -0.15) is 0 Å². The molecule has 0 spiro atoms. The molecule has 114 valence electrons. The largest absolute Gasteiger partial charge is 0.417 e. The summed E-state index contributed by atoms with van der Waals surface area (Å²) in [7, 11) is -3.96. The first-order chi connectivity index (χ1) is 10.3. The number of benzene rings is 2. The summed E-state index contributed by atoms with van der Waals surface area (Å²) in [4.78, 5) is 13.4. The molecule has 0 bridgehead atoms. The number of aromatic amines is 1. The fraction of sp³-hybridized carbons (Fsp3) is 0. The van der Waals surface area contributed by atoms with E-state index in [2.05, 4.69) is 9.71 Å². The number of fused-ring (bicyclic) bond motifs is 1. The third-order valence-electron chi connectivity index (χ3n) is 2.88. The second-order valence-corrected chi connectivity index (χ2v) is 6.49. The minimum Gasteiger partial charge on any atom is -0.408 e. The summed E-state index contributed by atoms with van der Waals surface area (Å²) in [6.07, 6.45) is 0. The lowest BCUT2D eigenvalue weighted by atomic mass is 10.3. The number of aromatic nitrogens is 1. The molecule has 0 saturated heterocycles. The van der Waals surface area contributed by atoms with Gasteiger partial charge in [0, 0.05) is 6.07 Å². The molecule has 0 aliphatic heterocycles. The standard InChI is InChI=1S/C13H8ClFN2O4S/c14-9-5-7(15)1-3-10(9)17-22(19,20)8-2-4-11-12(6-8)21-13(18)16-11/h1-6,17H,(H,16,18). The fourth-order valence-electron chi connectivity index (χ4n) is 1.87. The zero-order valence-corrected chi connectivity index (χ0v) is 12.3. The molecule has 0 aliphatic rings. The Hall–Kier alpha value is -2.32. The number of hydrogen-bond acceptors (Lipinski definition) is 4. The second-order valence-electron chi connectivity index (χ2n) is 4.40. The van der Waals surface area contributed by atoms with Crippen molar-refractivity contribution in [3.63, 3.8) is 0 Å². The molecule has 22 heavy (non-hydrogen) atoms. The van der Waals surface area contributed by atoms with E-state index in [0.29, 0.717) is 5.52 Å². The van der Waals surface area contributed by atoms with Gasteiger partial charge >= 0.3 is 5.76 Å². The smallest absolute Gasteiger partial charge is 0.408 e. The number of oxazole rings is 1. The first-order valence-electron chi connectivity index (χ1n) is 5.96. The lowest BCUT2D eigenvalue weighted by Crippen LogP contribution is -2.13. The Labute approximate surface area is 128 Å². The van der Waals surface area contributed by atoms with Crippen molar-refractivity contribution in [1.29, 1.82) is 0 Å². The van der Waals surface area contributed by atoms with Crippen LogP contribution in [-0.2, 0) is 10.0 Å². The van der Waals surface area contributed by atoms with Crippen molar-refractivity contribution in [2.24, 2.45) is 0 Å². The molecule has 0 unspecified atom stereocenters. The van der Waals surface area contributed by atoms with Crippen molar-refractivity contribution in [3.8, 4) is 0 Å². The summed E-state index contributed by atoms with van der Waals surface area (Å²) in [6.45, 7) is 0. The maximum atomic E-state index is 13.0. The summed E-state index contributed by atoms with van der Waals surface area (Å²) < 4.78 is 44.6. The van der Waals surface area contributed by atoms with Crippen LogP contribution in [0.5, 0.6) is 0 Å². The SMILES string of the molecule is O=c1[nH]c2ccc(S(=O)(=O)Nc3ccc(F)cc3Cl)cc2o1. The zero-order chi connectivity index (χ0) is 15.9. The van der Waals surface area contributed by atoms with Crippen molar-refractivity contribution >= 4 is 38.4 Å². The average molecular weight is 343 g/mol. The van der Waals surface area contributed by atoms with E-state index in [1.807, 2.05) is 0 Å². The van der Waals surface area contributed by atoms with Crippen LogP contribution in [0.3, 0.4) is 0 Å². The van der Waals surface area contributed by atoms with Crippen LogP contribution in [0.2, 0.25) is 5.02 Å². The maximum absolute atomic E-state index is 13.0. The molecular formula is C13H8ClFN2O4S. The molecule has 0 aliphatic carbocycles. The van der Waals surface area contributed by atoms with Crippen LogP contribution < -0.4 is 10.5 Å². The zero-order valence-electron chi connectivity index (χ0n) is 10.8. The number of rotatable bonds is 3. The molecule has 1 aromatic heterocycles. The van der Waals surface area contributed by atoms with Gasteiger partial charge in [-0.25, -0.2) is 17.6 Å². The molecule has 0 radical (unpaired) electrons. The predicted octanol–water partition coefficient (Wildman–Crippen LogP) is 2.71. The van der Waals surface area contributed by atoms with Gasteiger partial charge in [-0.1, -0.05) is 11.6 Å². The maximum Gasteiger partial charge on any atom is 0.417 e. The molecule has 3 rings (SSSR count). The van der Waals surface area contributed by atoms with Gasteiger partial charge in [0.2, 0.25) is 0 Å². The molecule has 0 saturated carbocycles. The van der Waals surface area contributed by atoms with E-state index in [9.17, 15) is 17.6 Å². The van der Waals surface area contributed by atoms with E-state index < -0.39 is 21.6 Å². The highest BCUT2D eigenvalue weighted by molar-refractivity contribution is 7.92. The van der Waals surface area contributed by atoms with Gasteiger partial charge in [-0.15, -0.1) is 0 Å². The van der Waals surface area contributed by atoms with Crippen LogP contribution in [0.25, 0.3) is 11.1 Å². The Morgan fingerprint density at radius 2 is 1.95 bits per heavy atom. The molecular weight excluding hydrogens is 335 g/mol. The summed E-state index contributed by atoms with van der Waals surface area (Å²) in [5.74, 6) is -1.26. The highest BCUT2D eigenvalue weighted by Gasteiger charge is 2.17. The predicted molar refractivity (Wildman–Crippen MR) is 79.1 cm³/mol.